The molecule has 1 aliphatic heterocycles. The van der Waals surface area contributed by atoms with Crippen LogP contribution in [0.4, 0.5) is 0 Å². The van der Waals surface area contributed by atoms with Gasteiger partial charge in [0.15, 0.2) is 5.96 Å². The van der Waals surface area contributed by atoms with Gasteiger partial charge in [-0.15, -0.1) is 24.0 Å². The zero-order valence-corrected chi connectivity index (χ0v) is 18.3. The molecule has 150 valence electrons. The van der Waals surface area contributed by atoms with Gasteiger partial charge in [0.25, 0.3) is 0 Å². The molecular weight excluding hydrogens is 459 g/mol. The summed E-state index contributed by atoms with van der Waals surface area (Å²) in [5.41, 5.74) is 6.72. The van der Waals surface area contributed by atoms with Crippen molar-refractivity contribution < 1.29 is 14.3 Å². The van der Waals surface area contributed by atoms with Crippen LogP contribution in [0.15, 0.2) is 29.3 Å². The largest absolute Gasteiger partial charge is 0.466 e. The van der Waals surface area contributed by atoms with Crippen LogP contribution < -0.4 is 11.1 Å². The molecule has 1 unspecified atom stereocenters. The lowest BCUT2D eigenvalue weighted by molar-refractivity contribution is -0.149. The number of amides is 1. The minimum absolute atomic E-state index is 0. The number of benzene rings is 1. The van der Waals surface area contributed by atoms with Gasteiger partial charge in [0.1, 0.15) is 0 Å². The first kappa shape index (κ1) is 23.2. The van der Waals surface area contributed by atoms with Gasteiger partial charge in [0, 0.05) is 25.2 Å². The van der Waals surface area contributed by atoms with E-state index < -0.39 is 5.91 Å². The Morgan fingerprint density at radius 3 is 2.81 bits per heavy atom. The summed E-state index contributed by atoms with van der Waals surface area (Å²) in [5.74, 6) is 0.0648. The Hall–Kier alpha value is -1.84. The minimum atomic E-state index is -0.448. The van der Waals surface area contributed by atoms with Crippen LogP contribution >= 0.6 is 24.0 Å². The number of guanidine groups is 1. The lowest BCUT2D eigenvalue weighted by Crippen LogP contribution is -2.48. The topological polar surface area (TPSA) is 97.0 Å². The number of piperidine rings is 1. The number of hydrogen-bond acceptors (Lipinski definition) is 4. The van der Waals surface area contributed by atoms with Crippen molar-refractivity contribution in [3.63, 3.8) is 0 Å². The molecule has 1 aromatic carbocycles. The molecule has 1 heterocycles. The Morgan fingerprint density at radius 1 is 1.37 bits per heavy atom. The number of hydrogen-bond donors (Lipinski definition) is 2. The summed E-state index contributed by atoms with van der Waals surface area (Å²) in [6.07, 6.45) is 1.76. The molecule has 1 aromatic rings. The van der Waals surface area contributed by atoms with Crippen molar-refractivity contribution in [3.8, 4) is 0 Å². The molecule has 1 aliphatic rings. The van der Waals surface area contributed by atoms with E-state index in [0.29, 0.717) is 25.3 Å². The molecule has 0 aliphatic carbocycles. The van der Waals surface area contributed by atoms with Crippen LogP contribution in [0.2, 0.25) is 0 Å². The van der Waals surface area contributed by atoms with Gasteiger partial charge in [-0.25, -0.2) is 4.99 Å². The van der Waals surface area contributed by atoms with E-state index >= 15 is 0 Å². The fourth-order valence-electron chi connectivity index (χ4n) is 3.04. The lowest BCUT2D eigenvalue weighted by Gasteiger charge is -2.34. The maximum Gasteiger partial charge on any atom is 0.310 e. The predicted octanol–water partition coefficient (Wildman–Crippen LogP) is 2.14. The first-order valence-electron chi connectivity index (χ1n) is 9.13. The van der Waals surface area contributed by atoms with Gasteiger partial charge in [-0.05, 0) is 44.4 Å². The minimum Gasteiger partial charge on any atom is -0.466 e. The fraction of sp³-hybridized carbons (Fsp3) is 0.526. The number of likely N-dealkylation sites (tertiary alicyclic amines) is 1. The van der Waals surface area contributed by atoms with Crippen molar-refractivity contribution in [2.45, 2.75) is 33.2 Å². The van der Waals surface area contributed by atoms with E-state index in [-0.39, 0.29) is 35.9 Å². The quantitative estimate of drug-likeness (QED) is 0.277. The lowest BCUT2D eigenvalue weighted by atomic mass is 9.98. The molecule has 1 amide bonds. The SMILES string of the molecule is CCNC(=NCc1cccc(C(N)=O)c1)N1CCCC(C(=O)OCC)C1.I. The van der Waals surface area contributed by atoms with E-state index in [1.807, 2.05) is 19.9 Å². The highest BCUT2D eigenvalue weighted by atomic mass is 127. The van der Waals surface area contributed by atoms with Gasteiger partial charge in [0.2, 0.25) is 5.91 Å². The van der Waals surface area contributed by atoms with Crippen LogP contribution in [0.5, 0.6) is 0 Å². The molecular formula is C19H29IN4O3. The third-order valence-electron chi connectivity index (χ3n) is 4.30. The van der Waals surface area contributed by atoms with E-state index in [9.17, 15) is 9.59 Å². The Morgan fingerprint density at radius 2 is 2.15 bits per heavy atom. The summed E-state index contributed by atoms with van der Waals surface area (Å²) in [6, 6.07) is 7.16. The van der Waals surface area contributed by atoms with Crippen molar-refractivity contribution in [1.29, 1.82) is 0 Å². The molecule has 3 N–H and O–H groups in total. The van der Waals surface area contributed by atoms with Gasteiger partial charge in [-0.3, -0.25) is 9.59 Å². The molecule has 27 heavy (non-hydrogen) atoms. The summed E-state index contributed by atoms with van der Waals surface area (Å²) in [7, 11) is 0. The van der Waals surface area contributed by atoms with Crippen molar-refractivity contribution in [2.75, 3.05) is 26.2 Å². The van der Waals surface area contributed by atoms with Crippen molar-refractivity contribution >= 4 is 41.8 Å². The average molecular weight is 488 g/mol. The second-order valence-corrected chi connectivity index (χ2v) is 6.27. The van der Waals surface area contributed by atoms with E-state index in [1.54, 1.807) is 18.2 Å². The zero-order valence-electron chi connectivity index (χ0n) is 15.9. The molecule has 1 fully saturated rings. The van der Waals surface area contributed by atoms with Crippen molar-refractivity contribution in [2.24, 2.45) is 16.6 Å². The number of primary amides is 1. The summed E-state index contributed by atoms with van der Waals surface area (Å²) >= 11 is 0. The van der Waals surface area contributed by atoms with Crippen molar-refractivity contribution in [1.82, 2.24) is 10.2 Å². The third-order valence-corrected chi connectivity index (χ3v) is 4.30. The highest BCUT2D eigenvalue weighted by Crippen LogP contribution is 2.18. The molecule has 0 saturated carbocycles. The molecule has 0 aromatic heterocycles. The number of rotatable bonds is 6. The number of carbonyl (C=O) groups is 2. The highest BCUT2D eigenvalue weighted by Gasteiger charge is 2.28. The number of nitrogens with two attached hydrogens (primary N) is 1. The first-order chi connectivity index (χ1) is 12.5. The van der Waals surface area contributed by atoms with Crippen LogP contribution in [0.3, 0.4) is 0 Å². The highest BCUT2D eigenvalue weighted by molar-refractivity contribution is 14.0. The van der Waals surface area contributed by atoms with Crippen LogP contribution in [0, 0.1) is 5.92 Å². The maximum absolute atomic E-state index is 12.1. The van der Waals surface area contributed by atoms with Gasteiger partial charge >= 0.3 is 5.97 Å². The first-order valence-corrected chi connectivity index (χ1v) is 9.13. The molecule has 7 nitrogen and oxygen atoms in total. The van der Waals surface area contributed by atoms with Crippen molar-refractivity contribution in [3.05, 3.63) is 35.4 Å². The Balaban J connectivity index is 0.00000364. The van der Waals surface area contributed by atoms with Gasteiger partial charge in [0.05, 0.1) is 19.1 Å². The molecule has 1 atom stereocenters. The number of nitrogens with one attached hydrogen (secondary N) is 1. The summed E-state index contributed by atoms with van der Waals surface area (Å²) in [5, 5.41) is 3.28. The summed E-state index contributed by atoms with van der Waals surface area (Å²) in [4.78, 5) is 30.1. The molecule has 0 radical (unpaired) electrons. The molecule has 0 bridgehead atoms. The average Bonchev–Trinajstić information content (AvgIpc) is 2.65. The summed E-state index contributed by atoms with van der Waals surface area (Å²) < 4.78 is 5.16. The van der Waals surface area contributed by atoms with Crippen LogP contribution in [0.1, 0.15) is 42.6 Å². The number of ether oxygens (including phenoxy) is 1. The second kappa shape index (κ2) is 11.8. The molecule has 1 saturated heterocycles. The fourth-order valence-corrected chi connectivity index (χ4v) is 3.04. The smallest absolute Gasteiger partial charge is 0.310 e. The van der Waals surface area contributed by atoms with Gasteiger partial charge in [-0.1, -0.05) is 12.1 Å². The Bertz CT molecular complexity index is 666. The number of carbonyl (C=O) groups excluding carboxylic acids is 2. The maximum atomic E-state index is 12.1. The van der Waals surface area contributed by atoms with E-state index in [2.05, 4.69) is 15.2 Å². The van der Waals surface area contributed by atoms with Gasteiger partial charge in [-0.2, -0.15) is 0 Å². The van der Waals surface area contributed by atoms with Crippen LogP contribution in [-0.2, 0) is 16.1 Å². The second-order valence-electron chi connectivity index (χ2n) is 6.27. The molecule has 0 spiro atoms. The zero-order chi connectivity index (χ0) is 18.9. The van der Waals surface area contributed by atoms with Crippen LogP contribution in [-0.4, -0.2) is 49.0 Å². The predicted molar refractivity (Wildman–Crippen MR) is 116 cm³/mol. The van der Waals surface area contributed by atoms with Gasteiger partial charge < -0.3 is 20.7 Å². The number of esters is 1. The Labute approximate surface area is 177 Å². The van der Waals surface area contributed by atoms with E-state index in [4.69, 9.17) is 10.5 Å². The number of halogens is 1. The number of aliphatic imine (C=N–C) groups is 1. The van der Waals surface area contributed by atoms with E-state index in [0.717, 1.165) is 37.5 Å². The number of nitrogens with zero attached hydrogens (tertiary/aromatic N) is 2. The third kappa shape index (κ3) is 7.00. The molecule has 2 rings (SSSR count). The monoisotopic (exact) mass is 488 g/mol. The normalized spacial score (nSPS) is 17.0. The Kier molecular flexibility index (Phi) is 10.1. The molecule has 8 heteroatoms. The summed E-state index contributed by atoms with van der Waals surface area (Å²) in [6.45, 7) is 6.86. The standard InChI is InChI=1S/C19H28N4O3.HI/c1-3-21-19(22-12-14-7-5-8-15(11-14)17(20)24)23-10-6-9-16(13-23)18(25)26-4-2;/h5,7-8,11,16H,3-4,6,9-10,12-13H2,1-2H3,(H2,20,24)(H,21,22);1H. The van der Waals surface area contributed by atoms with E-state index in [1.165, 1.54) is 0 Å². The van der Waals surface area contributed by atoms with Crippen LogP contribution in [0.25, 0.3) is 0 Å².